The number of aryl methyl sites for hydroxylation is 1. The Hall–Kier alpha value is -1.77. The van der Waals surface area contributed by atoms with Gasteiger partial charge in [0.15, 0.2) is 5.03 Å². The SMILES string of the molecule is Cc1[nH]nc(S(=O)(=O)N(C)Cc2ccccn2)c1CN. The van der Waals surface area contributed by atoms with Crippen LogP contribution in [0, 0.1) is 6.92 Å². The molecule has 0 atom stereocenters. The van der Waals surface area contributed by atoms with Crippen molar-refractivity contribution in [2.45, 2.75) is 25.0 Å². The Morgan fingerprint density at radius 2 is 2.15 bits per heavy atom. The van der Waals surface area contributed by atoms with E-state index in [9.17, 15) is 8.42 Å². The summed E-state index contributed by atoms with van der Waals surface area (Å²) in [6.07, 6.45) is 1.62. The van der Waals surface area contributed by atoms with Gasteiger partial charge in [-0.1, -0.05) is 6.07 Å². The third-order valence-corrected chi connectivity index (χ3v) is 4.78. The fourth-order valence-electron chi connectivity index (χ4n) is 1.84. The van der Waals surface area contributed by atoms with E-state index in [1.807, 2.05) is 6.07 Å². The van der Waals surface area contributed by atoms with Gasteiger partial charge in [-0.25, -0.2) is 8.42 Å². The lowest BCUT2D eigenvalue weighted by atomic mass is 10.3. The summed E-state index contributed by atoms with van der Waals surface area (Å²) in [5.41, 5.74) is 7.43. The number of aromatic amines is 1. The van der Waals surface area contributed by atoms with E-state index in [2.05, 4.69) is 15.2 Å². The molecule has 0 spiro atoms. The summed E-state index contributed by atoms with van der Waals surface area (Å²) in [6, 6.07) is 5.36. The van der Waals surface area contributed by atoms with Crippen LogP contribution in [0.4, 0.5) is 0 Å². The molecule has 0 aliphatic heterocycles. The van der Waals surface area contributed by atoms with Crippen LogP contribution < -0.4 is 5.73 Å². The van der Waals surface area contributed by atoms with E-state index in [4.69, 9.17) is 5.73 Å². The Kier molecular flexibility index (Phi) is 4.17. The molecule has 0 fully saturated rings. The Morgan fingerprint density at radius 3 is 2.75 bits per heavy atom. The second-order valence-corrected chi connectivity index (χ2v) is 6.38. The minimum absolute atomic E-state index is 0.0177. The highest BCUT2D eigenvalue weighted by molar-refractivity contribution is 7.89. The molecule has 0 aliphatic carbocycles. The minimum Gasteiger partial charge on any atom is -0.326 e. The molecule has 2 rings (SSSR count). The van der Waals surface area contributed by atoms with Crippen LogP contribution in [0.15, 0.2) is 29.4 Å². The zero-order valence-corrected chi connectivity index (χ0v) is 12.2. The Morgan fingerprint density at radius 1 is 1.40 bits per heavy atom. The largest absolute Gasteiger partial charge is 0.326 e. The number of nitrogens with one attached hydrogen (secondary N) is 1. The van der Waals surface area contributed by atoms with E-state index < -0.39 is 10.0 Å². The molecule has 3 N–H and O–H groups in total. The van der Waals surface area contributed by atoms with Gasteiger partial charge in [-0.15, -0.1) is 0 Å². The first-order valence-electron chi connectivity index (χ1n) is 6.07. The molecule has 8 heteroatoms. The van der Waals surface area contributed by atoms with Crippen molar-refractivity contribution in [1.82, 2.24) is 19.5 Å². The van der Waals surface area contributed by atoms with Gasteiger partial charge in [0.1, 0.15) is 0 Å². The molecule has 2 aromatic rings. The molecule has 20 heavy (non-hydrogen) atoms. The van der Waals surface area contributed by atoms with Gasteiger partial charge >= 0.3 is 0 Å². The summed E-state index contributed by atoms with van der Waals surface area (Å²) >= 11 is 0. The highest BCUT2D eigenvalue weighted by Crippen LogP contribution is 2.20. The Balaban J connectivity index is 2.30. The van der Waals surface area contributed by atoms with Crippen molar-refractivity contribution in [3.63, 3.8) is 0 Å². The van der Waals surface area contributed by atoms with E-state index in [-0.39, 0.29) is 18.1 Å². The zero-order chi connectivity index (χ0) is 14.8. The maximum atomic E-state index is 12.5. The van der Waals surface area contributed by atoms with E-state index in [1.165, 1.54) is 11.4 Å². The van der Waals surface area contributed by atoms with Gasteiger partial charge in [0.2, 0.25) is 0 Å². The van der Waals surface area contributed by atoms with Gasteiger partial charge < -0.3 is 5.73 Å². The second-order valence-electron chi connectivity index (χ2n) is 4.42. The van der Waals surface area contributed by atoms with Crippen LogP contribution >= 0.6 is 0 Å². The highest BCUT2D eigenvalue weighted by atomic mass is 32.2. The molecular formula is C12H17N5O2S. The maximum Gasteiger partial charge on any atom is 0.262 e. The summed E-state index contributed by atoms with van der Waals surface area (Å²) < 4.78 is 26.2. The number of rotatable bonds is 5. The summed E-state index contributed by atoms with van der Waals surface area (Å²) in [5.74, 6) is 0. The topological polar surface area (TPSA) is 105 Å². The lowest BCUT2D eigenvalue weighted by molar-refractivity contribution is 0.458. The smallest absolute Gasteiger partial charge is 0.262 e. The molecule has 0 aliphatic rings. The molecule has 0 unspecified atom stereocenters. The number of nitrogens with zero attached hydrogens (tertiary/aromatic N) is 3. The van der Waals surface area contributed by atoms with E-state index in [0.29, 0.717) is 17.0 Å². The van der Waals surface area contributed by atoms with Crippen molar-refractivity contribution in [1.29, 1.82) is 0 Å². The molecule has 108 valence electrons. The molecular weight excluding hydrogens is 278 g/mol. The normalized spacial score (nSPS) is 12.0. The standard InChI is InChI=1S/C12H17N5O2S/c1-9-11(7-13)12(16-15-9)20(18,19)17(2)8-10-5-3-4-6-14-10/h3-6H,7-8,13H2,1-2H3,(H,15,16). The van der Waals surface area contributed by atoms with Crippen LogP contribution in [-0.2, 0) is 23.1 Å². The summed E-state index contributed by atoms with van der Waals surface area (Å²) in [7, 11) is -2.19. The third kappa shape index (κ3) is 2.72. The number of sulfonamides is 1. The molecule has 0 bridgehead atoms. The molecule has 2 aromatic heterocycles. The van der Waals surface area contributed by atoms with Crippen molar-refractivity contribution in [2.75, 3.05) is 7.05 Å². The van der Waals surface area contributed by atoms with Crippen molar-refractivity contribution in [2.24, 2.45) is 5.73 Å². The van der Waals surface area contributed by atoms with Crippen LogP contribution in [-0.4, -0.2) is 35.0 Å². The molecule has 0 radical (unpaired) electrons. The molecule has 0 saturated carbocycles. The number of pyridine rings is 1. The average molecular weight is 295 g/mol. The van der Waals surface area contributed by atoms with Gasteiger partial charge in [-0.3, -0.25) is 10.1 Å². The van der Waals surface area contributed by atoms with Crippen LogP contribution in [0.5, 0.6) is 0 Å². The van der Waals surface area contributed by atoms with Gasteiger partial charge in [0.25, 0.3) is 10.0 Å². The maximum absolute atomic E-state index is 12.5. The number of nitrogens with two attached hydrogens (primary N) is 1. The molecule has 0 aromatic carbocycles. The third-order valence-electron chi connectivity index (χ3n) is 3.01. The zero-order valence-electron chi connectivity index (χ0n) is 11.4. The second kappa shape index (κ2) is 5.70. The minimum atomic E-state index is -3.69. The Labute approximate surface area is 117 Å². The van der Waals surface area contributed by atoms with Crippen LogP contribution in [0.1, 0.15) is 17.0 Å². The molecule has 0 amide bonds. The highest BCUT2D eigenvalue weighted by Gasteiger charge is 2.27. The van der Waals surface area contributed by atoms with Crippen molar-refractivity contribution >= 4 is 10.0 Å². The summed E-state index contributed by atoms with van der Waals surface area (Å²) in [6.45, 7) is 2.04. The summed E-state index contributed by atoms with van der Waals surface area (Å²) in [5, 5.41) is 6.51. The van der Waals surface area contributed by atoms with Crippen LogP contribution in [0.25, 0.3) is 0 Å². The number of H-pyrrole nitrogens is 1. The molecule has 0 saturated heterocycles. The average Bonchev–Trinajstić information content (AvgIpc) is 2.81. The number of aromatic nitrogens is 3. The Bertz CT molecular complexity index is 681. The fourth-order valence-corrected chi connectivity index (χ4v) is 3.14. The monoisotopic (exact) mass is 295 g/mol. The van der Waals surface area contributed by atoms with Gasteiger partial charge in [0.05, 0.1) is 12.2 Å². The van der Waals surface area contributed by atoms with Crippen LogP contribution in [0.3, 0.4) is 0 Å². The van der Waals surface area contributed by atoms with E-state index in [1.54, 1.807) is 25.3 Å². The molecule has 7 nitrogen and oxygen atoms in total. The van der Waals surface area contributed by atoms with Gasteiger partial charge in [-0.2, -0.15) is 9.40 Å². The first-order chi connectivity index (χ1) is 9.46. The van der Waals surface area contributed by atoms with Gasteiger partial charge in [-0.05, 0) is 19.1 Å². The predicted octanol–water partition coefficient (Wildman–Crippen LogP) is 0.393. The quantitative estimate of drug-likeness (QED) is 0.830. The lowest BCUT2D eigenvalue weighted by Gasteiger charge is -2.16. The van der Waals surface area contributed by atoms with Crippen molar-refractivity contribution < 1.29 is 8.42 Å². The van der Waals surface area contributed by atoms with Crippen LogP contribution in [0.2, 0.25) is 0 Å². The number of hydrogen-bond donors (Lipinski definition) is 2. The van der Waals surface area contributed by atoms with E-state index in [0.717, 1.165) is 0 Å². The lowest BCUT2D eigenvalue weighted by Crippen LogP contribution is -2.28. The van der Waals surface area contributed by atoms with Crippen molar-refractivity contribution in [3.05, 3.63) is 41.3 Å². The van der Waals surface area contributed by atoms with Crippen molar-refractivity contribution in [3.8, 4) is 0 Å². The summed E-state index contributed by atoms with van der Waals surface area (Å²) in [4.78, 5) is 4.11. The predicted molar refractivity (Wildman–Crippen MR) is 74.1 cm³/mol. The van der Waals surface area contributed by atoms with E-state index >= 15 is 0 Å². The fraction of sp³-hybridized carbons (Fsp3) is 0.333. The number of hydrogen-bond acceptors (Lipinski definition) is 5. The van der Waals surface area contributed by atoms with Gasteiger partial charge in [0, 0.05) is 31.0 Å². The first-order valence-corrected chi connectivity index (χ1v) is 7.51. The molecule has 2 heterocycles. The first kappa shape index (κ1) is 14.6.